The summed E-state index contributed by atoms with van der Waals surface area (Å²) < 4.78 is 21.3. The topological polar surface area (TPSA) is 133 Å². The molecule has 9 heteroatoms. The van der Waals surface area contributed by atoms with Crippen LogP contribution in [-0.2, 0) is 19.1 Å². The zero-order chi connectivity index (χ0) is 24.7. The van der Waals surface area contributed by atoms with Crippen molar-refractivity contribution in [2.45, 2.75) is 19.8 Å². The predicted octanol–water partition coefficient (Wildman–Crippen LogP) is 3.36. The van der Waals surface area contributed by atoms with E-state index in [4.69, 9.17) is 24.7 Å². The lowest BCUT2D eigenvalue weighted by Crippen LogP contribution is -2.25. The smallest absolute Gasteiger partial charge is 0.338 e. The van der Waals surface area contributed by atoms with Crippen molar-refractivity contribution in [2.75, 3.05) is 25.6 Å². The van der Waals surface area contributed by atoms with Crippen LogP contribution in [0.25, 0.3) is 0 Å². The third-order valence-corrected chi connectivity index (χ3v) is 5.04. The van der Waals surface area contributed by atoms with E-state index in [2.05, 4.69) is 5.32 Å². The van der Waals surface area contributed by atoms with E-state index in [1.807, 2.05) is 6.07 Å². The number of methoxy groups -OCH3 is 1. The van der Waals surface area contributed by atoms with Gasteiger partial charge in [0.15, 0.2) is 6.61 Å². The molecule has 0 aromatic heterocycles. The molecule has 3 N–H and O–H groups in total. The van der Waals surface area contributed by atoms with Crippen LogP contribution in [0.2, 0.25) is 0 Å². The lowest BCUT2D eigenvalue weighted by Gasteiger charge is -2.27. The van der Waals surface area contributed by atoms with E-state index in [1.54, 1.807) is 69.5 Å². The summed E-state index contributed by atoms with van der Waals surface area (Å²) >= 11 is 0. The van der Waals surface area contributed by atoms with E-state index in [0.29, 0.717) is 22.7 Å². The summed E-state index contributed by atoms with van der Waals surface area (Å²) in [5.74, 6) is -0.521. The van der Waals surface area contributed by atoms with E-state index in [0.717, 1.165) is 0 Å². The standard InChI is InChI=1S/C25H25N3O6/c1-4-32-25(30)22-15(2)34-24(27)20(13-26)23(22)16-6-5-7-19(12-16)33-14-21(29)28-17-8-10-18(31-3)11-9-17/h5-12,23H,4,14,27H2,1-3H3,(H,28,29). The van der Waals surface area contributed by atoms with Gasteiger partial charge in [-0.3, -0.25) is 4.79 Å². The molecule has 1 heterocycles. The fourth-order valence-electron chi connectivity index (χ4n) is 3.49. The lowest BCUT2D eigenvalue weighted by molar-refractivity contribution is -0.139. The first kappa shape index (κ1) is 24.2. The maximum Gasteiger partial charge on any atom is 0.338 e. The summed E-state index contributed by atoms with van der Waals surface area (Å²) in [5.41, 5.74) is 7.37. The number of amides is 1. The number of ether oxygens (including phenoxy) is 4. The van der Waals surface area contributed by atoms with Crippen molar-refractivity contribution in [3.05, 3.63) is 76.9 Å². The largest absolute Gasteiger partial charge is 0.497 e. The van der Waals surface area contributed by atoms with E-state index < -0.39 is 11.9 Å². The Bertz CT molecular complexity index is 1180. The fourth-order valence-corrected chi connectivity index (χ4v) is 3.49. The van der Waals surface area contributed by atoms with Crippen LogP contribution >= 0.6 is 0 Å². The molecule has 176 valence electrons. The van der Waals surface area contributed by atoms with Gasteiger partial charge < -0.3 is 30.0 Å². The van der Waals surface area contributed by atoms with Crippen molar-refractivity contribution in [1.29, 1.82) is 5.26 Å². The van der Waals surface area contributed by atoms with Crippen LogP contribution in [0.15, 0.2) is 71.3 Å². The number of carbonyl (C=O) groups excluding carboxylic acids is 2. The maximum atomic E-state index is 12.6. The Morgan fingerprint density at radius 2 is 1.91 bits per heavy atom. The fraction of sp³-hybridized carbons (Fsp3) is 0.240. The third kappa shape index (κ3) is 5.48. The molecule has 1 aliphatic rings. The van der Waals surface area contributed by atoms with Gasteiger partial charge in [0.2, 0.25) is 5.88 Å². The first-order valence-corrected chi connectivity index (χ1v) is 10.5. The van der Waals surface area contributed by atoms with Crippen molar-refractivity contribution in [3.8, 4) is 17.6 Å². The molecule has 2 aromatic carbocycles. The minimum absolute atomic E-state index is 0.0803. The summed E-state index contributed by atoms with van der Waals surface area (Å²) in [7, 11) is 1.56. The van der Waals surface area contributed by atoms with Gasteiger partial charge in [0.05, 0.1) is 25.2 Å². The highest BCUT2D eigenvalue weighted by Crippen LogP contribution is 2.40. The molecule has 1 amide bonds. The number of hydrogen-bond donors (Lipinski definition) is 2. The van der Waals surface area contributed by atoms with Gasteiger partial charge in [-0.2, -0.15) is 5.26 Å². The Balaban J connectivity index is 1.79. The Labute approximate surface area is 197 Å². The van der Waals surface area contributed by atoms with Crippen LogP contribution < -0.4 is 20.5 Å². The van der Waals surface area contributed by atoms with Crippen molar-refractivity contribution >= 4 is 17.6 Å². The summed E-state index contributed by atoms with van der Waals surface area (Å²) in [6.07, 6.45) is 0. The molecule has 1 aliphatic heterocycles. The summed E-state index contributed by atoms with van der Waals surface area (Å²) in [4.78, 5) is 25.0. The molecule has 0 radical (unpaired) electrons. The molecule has 9 nitrogen and oxygen atoms in total. The zero-order valence-electron chi connectivity index (χ0n) is 19.1. The number of nitrogens with two attached hydrogens (primary N) is 1. The molecule has 2 aromatic rings. The number of esters is 1. The normalized spacial score (nSPS) is 15.2. The van der Waals surface area contributed by atoms with Crippen LogP contribution in [0.5, 0.6) is 11.5 Å². The summed E-state index contributed by atoms with van der Waals surface area (Å²) in [6, 6.07) is 15.7. The first-order valence-electron chi connectivity index (χ1n) is 10.5. The zero-order valence-corrected chi connectivity index (χ0v) is 19.1. The lowest BCUT2D eigenvalue weighted by atomic mass is 9.83. The Kier molecular flexibility index (Phi) is 7.77. The molecule has 3 rings (SSSR count). The molecule has 0 bridgehead atoms. The minimum atomic E-state index is -0.797. The van der Waals surface area contributed by atoms with Gasteiger partial charge in [-0.25, -0.2) is 4.79 Å². The number of carbonyl (C=O) groups is 2. The molecular formula is C25H25N3O6. The Morgan fingerprint density at radius 1 is 1.18 bits per heavy atom. The predicted molar refractivity (Wildman–Crippen MR) is 124 cm³/mol. The monoisotopic (exact) mass is 463 g/mol. The van der Waals surface area contributed by atoms with Gasteiger partial charge >= 0.3 is 5.97 Å². The van der Waals surface area contributed by atoms with Gasteiger partial charge in [0.1, 0.15) is 28.9 Å². The Morgan fingerprint density at radius 3 is 2.56 bits per heavy atom. The quantitative estimate of drug-likeness (QED) is 0.570. The molecule has 1 atom stereocenters. The van der Waals surface area contributed by atoms with Gasteiger partial charge in [0.25, 0.3) is 5.91 Å². The highest BCUT2D eigenvalue weighted by molar-refractivity contribution is 5.93. The second kappa shape index (κ2) is 10.9. The number of hydrogen-bond acceptors (Lipinski definition) is 8. The SMILES string of the molecule is CCOC(=O)C1=C(C)OC(N)=C(C#N)C1c1cccc(OCC(=O)Nc2ccc(OC)cc2)c1. The van der Waals surface area contributed by atoms with Crippen molar-refractivity contribution in [2.24, 2.45) is 5.73 Å². The average Bonchev–Trinajstić information content (AvgIpc) is 2.83. The van der Waals surface area contributed by atoms with Gasteiger partial charge in [-0.1, -0.05) is 12.1 Å². The molecular weight excluding hydrogens is 438 g/mol. The maximum absolute atomic E-state index is 12.6. The highest BCUT2D eigenvalue weighted by Gasteiger charge is 2.36. The number of benzene rings is 2. The van der Waals surface area contributed by atoms with E-state index in [-0.39, 0.29) is 41.9 Å². The molecule has 34 heavy (non-hydrogen) atoms. The first-order chi connectivity index (χ1) is 16.4. The number of allylic oxidation sites excluding steroid dienone is 2. The van der Waals surface area contributed by atoms with Crippen LogP contribution in [0, 0.1) is 11.3 Å². The molecule has 0 saturated carbocycles. The average molecular weight is 463 g/mol. The van der Waals surface area contributed by atoms with Crippen LogP contribution in [0.1, 0.15) is 25.3 Å². The highest BCUT2D eigenvalue weighted by atomic mass is 16.5. The van der Waals surface area contributed by atoms with Crippen LogP contribution in [0.4, 0.5) is 5.69 Å². The molecule has 1 unspecified atom stereocenters. The molecule has 0 spiro atoms. The summed E-state index contributed by atoms with van der Waals surface area (Å²) in [6.45, 7) is 3.19. The van der Waals surface area contributed by atoms with Gasteiger partial charge in [-0.15, -0.1) is 0 Å². The molecule has 0 fully saturated rings. The van der Waals surface area contributed by atoms with Crippen LogP contribution in [0.3, 0.4) is 0 Å². The number of nitriles is 1. The number of nitrogens with one attached hydrogen (secondary N) is 1. The van der Waals surface area contributed by atoms with E-state index in [1.165, 1.54) is 0 Å². The van der Waals surface area contributed by atoms with Gasteiger partial charge in [-0.05, 0) is 55.8 Å². The van der Waals surface area contributed by atoms with Crippen molar-refractivity contribution in [3.63, 3.8) is 0 Å². The summed E-state index contributed by atoms with van der Waals surface area (Å²) in [5, 5.41) is 12.4. The number of rotatable bonds is 8. The van der Waals surface area contributed by atoms with Crippen LogP contribution in [-0.4, -0.2) is 32.2 Å². The van der Waals surface area contributed by atoms with Crippen molar-refractivity contribution in [1.82, 2.24) is 0 Å². The minimum Gasteiger partial charge on any atom is -0.497 e. The number of anilines is 1. The van der Waals surface area contributed by atoms with E-state index >= 15 is 0 Å². The Hall–Kier alpha value is -4.45. The second-order valence-corrected chi connectivity index (χ2v) is 7.25. The second-order valence-electron chi connectivity index (χ2n) is 7.25. The van der Waals surface area contributed by atoms with Crippen molar-refractivity contribution < 1.29 is 28.5 Å². The van der Waals surface area contributed by atoms with Gasteiger partial charge in [0, 0.05) is 5.69 Å². The molecule has 0 aliphatic carbocycles. The number of nitrogens with zero attached hydrogens (tertiary/aromatic N) is 1. The third-order valence-electron chi connectivity index (χ3n) is 5.04. The molecule has 0 saturated heterocycles. The van der Waals surface area contributed by atoms with E-state index in [9.17, 15) is 14.9 Å².